The zero-order chi connectivity index (χ0) is 10.3. The smallest absolute Gasteiger partial charge is 0.00385 e. The Bertz CT molecular complexity index is 181. The Morgan fingerprint density at radius 1 is 0.929 bits per heavy atom. The molecule has 0 aromatic rings. The summed E-state index contributed by atoms with van der Waals surface area (Å²) in [5.41, 5.74) is 0. The van der Waals surface area contributed by atoms with Crippen LogP contribution < -0.4 is 0 Å². The predicted octanol–water partition coefficient (Wildman–Crippen LogP) is 3.01. The molecule has 2 aliphatic rings. The van der Waals surface area contributed by atoms with Crippen LogP contribution in [0.25, 0.3) is 0 Å². The third-order valence-corrected chi connectivity index (χ3v) is 4.96. The van der Waals surface area contributed by atoms with Gasteiger partial charge < -0.3 is 4.90 Å². The third-order valence-electron chi connectivity index (χ3n) is 4.96. The molecule has 2 rings (SSSR count). The van der Waals surface area contributed by atoms with Crippen molar-refractivity contribution in [2.75, 3.05) is 13.1 Å². The quantitative estimate of drug-likeness (QED) is 0.621. The van der Waals surface area contributed by atoms with Crippen molar-refractivity contribution in [1.29, 1.82) is 0 Å². The zero-order valence-corrected chi connectivity index (χ0v) is 10.2. The molecule has 0 radical (unpaired) electrons. The summed E-state index contributed by atoms with van der Waals surface area (Å²) < 4.78 is 0. The van der Waals surface area contributed by atoms with Gasteiger partial charge in [-0.2, -0.15) is 0 Å². The van der Waals surface area contributed by atoms with Crippen LogP contribution in [0, 0.1) is 23.7 Å². The van der Waals surface area contributed by atoms with E-state index in [2.05, 4.69) is 32.6 Å². The fourth-order valence-electron chi connectivity index (χ4n) is 3.63. The van der Waals surface area contributed by atoms with Crippen LogP contribution in [0.15, 0.2) is 0 Å². The minimum atomic E-state index is 0.748. The summed E-state index contributed by atoms with van der Waals surface area (Å²) in [5, 5.41) is 0. The lowest BCUT2D eigenvalue weighted by molar-refractivity contribution is 0.000614. The Morgan fingerprint density at radius 2 is 1.36 bits per heavy atom. The highest BCUT2D eigenvalue weighted by Gasteiger charge is 2.45. The van der Waals surface area contributed by atoms with Crippen LogP contribution in [-0.4, -0.2) is 24.0 Å². The summed E-state index contributed by atoms with van der Waals surface area (Å²) in [4.78, 5) is 2.66. The van der Waals surface area contributed by atoms with Crippen LogP contribution in [0.3, 0.4) is 0 Å². The van der Waals surface area contributed by atoms with Crippen LogP contribution >= 0.6 is 0 Å². The summed E-state index contributed by atoms with van der Waals surface area (Å²) in [6.07, 6.45) is 2.91. The molecular weight excluding hydrogens is 170 g/mol. The summed E-state index contributed by atoms with van der Waals surface area (Å²) >= 11 is 0. The van der Waals surface area contributed by atoms with Crippen molar-refractivity contribution in [3.8, 4) is 0 Å². The molecule has 1 aliphatic carbocycles. The van der Waals surface area contributed by atoms with Crippen LogP contribution in [-0.2, 0) is 0 Å². The fraction of sp³-hybridized carbons (Fsp3) is 1.00. The van der Waals surface area contributed by atoms with Gasteiger partial charge in [-0.1, -0.05) is 13.8 Å². The topological polar surface area (TPSA) is 3.24 Å². The van der Waals surface area contributed by atoms with Crippen molar-refractivity contribution in [2.24, 2.45) is 23.7 Å². The molecule has 82 valence electrons. The molecule has 0 amide bonds. The lowest BCUT2D eigenvalue weighted by Gasteiger charge is -2.49. The minimum absolute atomic E-state index is 0.748. The van der Waals surface area contributed by atoms with Crippen molar-refractivity contribution in [2.45, 2.75) is 46.6 Å². The highest BCUT2D eigenvalue weighted by molar-refractivity contribution is 4.95. The Morgan fingerprint density at radius 3 is 1.71 bits per heavy atom. The van der Waals surface area contributed by atoms with Crippen molar-refractivity contribution in [3.05, 3.63) is 0 Å². The Balaban J connectivity index is 1.95. The molecule has 0 N–H and O–H groups in total. The van der Waals surface area contributed by atoms with Gasteiger partial charge >= 0.3 is 0 Å². The molecule has 1 heteroatoms. The molecule has 2 fully saturated rings. The van der Waals surface area contributed by atoms with E-state index in [-0.39, 0.29) is 0 Å². The molecule has 1 saturated carbocycles. The first-order chi connectivity index (χ1) is 6.61. The molecule has 0 spiro atoms. The van der Waals surface area contributed by atoms with E-state index in [1.54, 1.807) is 0 Å². The molecule has 1 nitrogen and oxygen atoms in total. The van der Waals surface area contributed by atoms with Crippen LogP contribution in [0.4, 0.5) is 0 Å². The summed E-state index contributed by atoms with van der Waals surface area (Å²) in [7, 11) is 0. The minimum Gasteiger partial charge on any atom is -0.301 e. The third kappa shape index (κ3) is 1.60. The molecule has 1 heterocycles. The van der Waals surface area contributed by atoms with Crippen LogP contribution in [0.2, 0.25) is 0 Å². The standard InChI is InChI=1S/C13H25N/c1-9(2)14-7-5-12-10(3)11(4)13(12)6-8-14/h9-13H,5-8H2,1-4H3. The average Bonchev–Trinajstić information content (AvgIpc) is 2.36. The molecule has 0 aromatic carbocycles. The summed E-state index contributed by atoms with van der Waals surface area (Å²) in [6, 6.07) is 0.748. The van der Waals surface area contributed by atoms with E-state index < -0.39 is 0 Å². The van der Waals surface area contributed by atoms with Crippen molar-refractivity contribution >= 4 is 0 Å². The zero-order valence-electron chi connectivity index (χ0n) is 10.2. The number of fused-ring (bicyclic) bond motifs is 1. The average molecular weight is 195 g/mol. The first-order valence-corrected chi connectivity index (χ1v) is 6.35. The van der Waals surface area contributed by atoms with Gasteiger partial charge in [0.05, 0.1) is 0 Å². The Kier molecular flexibility index (Phi) is 2.88. The van der Waals surface area contributed by atoms with E-state index in [0.717, 1.165) is 29.7 Å². The van der Waals surface area contributed by atoms with Crippen LogP contribution in [0.1, 0.15) is 40.5 Å². The van der Waals surface area contributed by atoms with Crippen LogP contribution in [0.5, 0.6) is 0 Å². The molecule has 0 aromatic heterocycles. The van der Waals surface area contributed by atoms with Gasteiger partial charge in [-0.25, -0.2) is 0 Å². The molecule has 14 heavy (non-hydrogen) atoms. The maximum Gasteiger partial charge on any atom is 0.00385 e. The first kappa shape index (κ1) is 10.5. The molecule has 0 bridgehead atoms. The summed E-state index contributed by atoms with van der Waals surface area (Å²) in [6.45, 7) is 12.3. The normalized spacial score (nSPS) is 44.4. The number of hydrogen-bond acceptors (Lipinski definition) is 1. The van der Waals surface area contributed by atoms with Gasteiger partial charge in [-0.15, -0.1) is 0 Å². The second kappa shape index (κ2) is 3.84. The second-order valence-electron chi connectivity index (χ2n) is 5.75. The monoisotopic (exact) mass is 195 g/mol. The second-order valence-corrected chi connectivity index (χ2v) is 5.75. The number of likely N-dealkylation sites (tertiary alicyclic amines) is 1. The lowest BCUT2D eigenvalue weighted by Crippen LogP contribution is -2.43. The highest BCUT2D eigenvalue weighted by atomic mass is 15.1. The Hall–Kier alpha value is -0.0400. The van der Waals surface area contributed by atoms with E-state index in [4.69, 9.17) is 0 Å². The number of hydrogen-bond donors (Lipinski definition) is 0. The van der Waals surface area contributed by atoms with E-state index in [9.17, 15) is 0 Å². The van der Waals surface area contributed by atoms with Gasteiger partial charge in [0.2, 0.25) is 0 Å². The maximum absolute atomic E-state index is 2.66. The van der Waals surface area contributed by atoms with Crippen molar-refractivity contribution in [3.63, 3.8) is 0 Å². The van der Waals surface area contributed by atoms with Gasteiger partial charge in [-0.3, -0.25) is 0 Å². The number of nitrogens with zero attached hydrogens (tertiary/aromatic N) is 1. The van der Waals surface area contributed by atoms with E-state index in [1.807, 2.05) is 0 Å². The highest BCUT2D eigenvalue weighted by Crippen LogP contribution is 2.50. The summed E-state index contributed by atoms with van der Waals surface area (Å²) in [5.74, 6) is 4.08. The molecule has 4 atom stereocenters. The molecular formula is C13H25N. The van der Waals surface area contributed by atoms with E-state index in [0.29, 0.717) is 0 Å². The Labute approximate surface area is 88.9 Å². The van der Waals surface area contributed by atoms with Gasteiger partial charge in [-0.05, 0) is 63.5 Å². The van der Waals surface area contributed by atoms with Gasteiger partial charge in [0.1, 0.15) is 0 Å². The van der Waals surface area contributed by atoms with Gasteiger partial charge in [0.25, 0.3) is 0 Å². The SMILES string of the molecule is CC1C(C)C2CCN(C(C)C)CCC12. The fourth-order valence-corrected chi connectivity index (χ4v) is 3.63. The first-order valence-electron chi connectivity index (χ1n) is 6.35. The molecule has 1 aliphatic heterocycles. The van der Waals surface area contributed by atoms with Crippen molar-refractivity contribution < 1.29 is 0 Å². The van der Waals surface area contributed by atoms with E-state index in [1.165, 1.54) is 25.9 Å². The van der Waals surface area contributed by atoms with Gasteiger partial charge in [0.15, 0.2) is 0 Å². The largest absolute Gasteiger partial charge is 0.301 e. The maximum atomic E-state index is 2.66. The number of rotatable bonds is 1. The van der Waals surface area contributed by atoms with Crippen molar-refractivity contribution in [1.82, 2.24) is 4.90 Å². The molecule has 4 unspecified atom stereocenters. The predicted molar refractivity (Wildman–Crippen MR) is 61.3 cm³/mol. The molecule has 1 saturated heterocycles. The van der Waals surface area contributed by atoms with Gasteiger partial charge in [0, 0.05) is 6.04 Å². The van der Waals surface area contributed by atoms with E-state index >= 15 is 0 Å². The lowest BCUT2D eigenvalue weighted by atomic mass is 9.56.